The molecule has 2 aromatic rings. The molecule has 2 fully saturated rings. The molecule has 3 amide bonds. The summed E-state index contributed by atoms with van der Waals surface area (Å²) >= 11 is 0. The molecule has 3 N–H and O–H groups in total. The van der Waals surface area contributed by atoms with Crippen LogP contribution in [0.15, 0.2) is 54.9 Å². The fourth-order valence-corrected chi connectivity index (χ4v) is 6.09. The van der Waals surface area contributed by atoms with Gasteiger partial charge < -0.3 is 20.7 Å². The van der Waals surface area contributed by atoms with Crippen LogP contribution in [0.3, 0.4) is 0 Å². The number of aryl methyl sites for hydroxylation is 1. The lowest BCUT2D eigenvalue weighted by molar-refractivity contribution is -0.140. The highest BCUT2D eigenvalue weighted by molar-refractivity contribution is 5.92. The molecule has 0 unspecified atom stereocenters. The van der Waals surface area contributed by atoms with Crippen LogP contribution in [0.5, 0.6) is 0 Å². The Morgan fingerprint density at radius 3 is 2.70 bits per heavy atom. The zero-order valence-corrected chi connectivity index (χ0v) is 23.2. The number of ether oxygens (including phenoxy) is 1. The Labute approximate surface area is 235 Å². The quantitative estimate of drug-likeness (QED) is 0.493. The SMILES string of the molecule is Cn1cc(NC(=O)CN2CC[C@H]3NC(=O)[C@H](Cc4ccccc4)NC(=O)C4(CC=CC[C@H]3C2)CCOCC4)cn1. The maximum Gasteiger partial charge on any atom is 0.243 e. The van der Waals surface area contributed by atoms with Gasteiger partial charge in [0.1, 0.15) is 6.04 Å². The maximum atomic E-state index is 13.7. The summed E-state index contributed by atoms with van der Waals surface area (Å²) in [5.41, 5.74) is 1.10. The Morgan fingerprint density at radius 1 is 1.15 bits per heavy atom. The Hall–Kier alpha value is -3.50. The van der Waals surface area contributed by atoms with Crippen molar-refractivity contribution < 1.29 is 19.1 Å². The molecule has 1 aromatic carbocycles. The van der Waals surface area contributed by atoms with Gasteiger partial charge in [-0.1, -0.05) is 42.5 Å². The number of hydrogen-bond donors (Lipinski definition) is 3. The van der Waals surface area contributed by atoms with Gasteiger partial charge >= 0.3 is 0 Å². The van der Waals surface area contributed by atoms with E-state index in [-0.39, 0.29) is 36.2 Å². The summed E-state index contributed by atoms with van der Waals surface area (Å²) in [4.78, 5) is 42.3. The first-order valence-corrected chi connectivity index (χ1v) is 14.3. The summed E-state index contributed by atoms with van der Waals surface area (Å²) < 4.78 is 7.24. The summed E-state index contributed by atoms with van der Waals surface area (Å²) in [6.45, 7) is 2.76. The van der Waals surface area contributed by atoms with Gasteiger partial charge in [0.25, 0.3) is 0 Å². The van der Waals surface area contributed by atoms with E-state index in [0.717, 1.165) is 18.4 Å². The molecule has 2 saturated heterocycles. The molecule has 40 heavy (non-hydrogen) atoms. The van der Waals surface area contributed by atoms with Crippen molar-refractivity contribution >= 4 is 23.4 Å². The summed E-state index contributed by atoms with van der Waals surface area (Å²) in [6.07, 6.45) is 11.5. The fourth-order valence-electron chi connectivity index (χ4n) is 6.09. The summed E-state index contributed by atoms with van der Waals surface area (Å²) in [7, 11) is 1.81. The van der Waals surface area contributed by atoms with E-state index in [1.54, 1.807) is 17.1 Å². The Kier molecular flexibility index (Phi) is 8.96. The van der Waals surface area contributed by atoms with Crippen molar-refractivity contribution in [1.82, 2.24) is 25.3 Å². The molecule has 0 aliphatic carbocycles. The molecule has 3 atom stereocenters. The molecule has 10 nitrogen and oxygen atoms in total. The van der Waals surface area contributed by atoms with Crippen molar-refractivity contribution in [3.05, 3.63) is 60.4 Å². The number of carbonyl (C=O) groups excluding carboxylic acids is 3. The molecule has 4 heterocycles. The number of anilines is 1. The number of benzene rings is 1. The van der Waals surface area contributed by atoms with Gasteiger partial charge in [0.05, 0.1) is 23.8 Å². The highest BCUT2D eigenvalue weighted by Crippen LogP contribution is 2.36. The predicted molar refractivity (Wildman–Crippen MR) is 151 cm³/mol. The molecular weight excluding hydrogens is 508 g/mol. The van der Waals surface area contributed by atoms with Gasteiger partial charge in [-0.2, -0.15) is 5.10 Å². The first kappa shape index (κ1) is 28.0. The van der Waals surface area contributed by atoms with Gasteiger partial charge in [-0.05, 0) is 43.6 Å². The molecule has 1 aromatic heterocycles. The number of piperidine rings is 1. The minimum absolute atomic E-state index is 0.0403. The number of hydrogen-bond acceptors (Lipinski definition) is 6. The van der Waals surface area contributed by atoms with Crippen molar-refractivity contribution in [2.24, 2.45) is 18.4 Å². The second kappa shape index (κ2) is 12.8. The molecule has 214 valence electrons. The lowest BCUT2D eigenvalue weighted by Gasteiger charge is -2.40. The monoisotopic (exact) mass is 548 g/mol. The van der Waals surface area contributed by atoms with Crippen molar-refractivity contribution in [3.63, 3.8) is 0 Å². The predicted octanol–water partition coefficient (Wildman–Crippen LogP) is 2.04. The van der Waals surface area contributed by atoms with E-state index in [9.17, 15) is 14.4 Å². The van der Waals surface area contributed by atoms with E-state index in [0.29, 0.717) is 57.7 Å². The number of nitrogens with one attached hydrogen (secondary N) is 3. The molecule has 1 spiro atoms. The Bertz CT molecular complexity index is 1210. The first-order valence-electron chi connectivity index (χ1n) is 14.3. The Balaban J connectivity index is 1.32. The van der Waals surface area contributed by atoms with E-state index >= 15 is 0 Å². The largest absolute Gasteiger partial charge is 0.381 e. The van der Waals surface area contributed by atoms with Gasteiger partial charge in [-0.15, -0.1) is 0 Å². The van der Waals surface area contributed by atoms with Gasteiger partial charge in [0.2, 0.25) is 17.7 Å². The van der Waals surface area contributed by atoms with Crippen LogP contribution in [0.2, 0.25) is 0 Å². The van der Waals surface area contributed by atoms with Crippen LogP contribution in [-0.2, 0) is 32.6 Å². The zero-order chi connectivity index (χ0) is 28.0. The van der Waals surface area contributed by atoms with E-state index in [2.05, 4.69) is 38.1 Å². The van der Waals surface area contributed by atoms with Crippen LogP contribution in [0.1, 0.15) is 37.7 Å². The minimum Gasteiger partial charge on any atom is -0.381 e. The molecule has 3 aliphatic rings. The third-order valence-electron chi connectivity index (χ3n) is 8.45. The number of amides is 3. The number of nitrogens with zero attached hydrogens (tertiary/aromatic N) is 3. The van der Waals surface area contributed by atoms with Gasteiger partial charge in [0, 0.05) is 52.0 Å². The summed E-state index contributed by atoms with van der Waals surface area (Å²) in [5, 5.41) is 13.4. The van der Waals surface area contributed by atoms with Crippen LogP contribution in [-0.4, -0.2) is 77.3 Å². The van der Waals surface area contributed by atoms with Crippen molar-refractivity contribution in [2.45, 2.75) is 50.6 Å². The smallest absolute Gasteiger partial charge is 0.243 e. The molecule has 0 radical (unpaired) electrons. The van der Waals surface area contributed by atoms with E-state index in [4.69, 9.17) is 4.74 Å². The van der Waals surface area contributed by atoms with Gasteiger partial charge in [0.15, 0.2) is 0 Å². The highest BCUT2D eigenvalue weighted by Gasteiger charge is 2.41. The van der Waals surface area contributed by atoms with E-state index in [1.165, 1.54) is 0 Å². The van der Waals surface area contributed by atoms with E-state index in [1.807, 2.05) is 37.4 Å². The molecule has 5 rings (SSSR count). The fraction of sp³-hybridized carbons (Fsp3) is 0.533. The molecular formula is C30H40N6O4. The van der Waals surface area contributed by atoms with Crippen LogP contribution in [0.4, 0.5) is 5.69 Å². The van der Waals surface area contributed by atoms with Crippen LogP contribution in [0, 0.1) is 11.3 Å². The van der Waals surface area contributed by atoms with E-state index < -0.39 is 11.5 Å². The average molecular weight is 549 g/mol. The summed E-state index contributed by atoms with van der Waals surface area (Å²) in [6, 6.07) is 9.11. The number of allylic oxidation sites excluding steroid dienone is 2. The normalized spacial score (nSPS) is 25.7. The van der Waals surface area contributed by atoms with Crippen LogP contribution >= 0.6 is 0 Å². The lowest BCUT2D eigenvalue weighted by atomic mass is 9.75. The van der Waals surface area contributed by atoms with Crippen molar-refractivity contribution in [3.8, 4) is 0 Å². The van der Waals surface area contributed by atoms with Crippen LogP contribution in [0.25, 0.3) is 0 Å². The third-order valence-corrected chi connectivity index (χ3v) is 8.45. The van der Waals surface area contributed by atoms with Crippen molar-refractivity contribution in [2.75, 3.05) is 38.2 Å². The topological polar surface area (TPSA) is 118 Å². The number of likely N-dealkylation sites (tertiary alicyclic amines) is 1. The molecule has 10 heteroatoms. The molecule has 3 aliphatic heterocycles. The van der Waals surface area contributed by atoms with Gasteiger partial charge in [-0.25, -0.2) is 0 Å². The standard InChI is InChI=1S/C30H40N6O4/c1-35-20-24(18-31-35)32-27(37)21-36-14-10-25-23(19-36)9-5-6-11-30(12-15-40-16-13-30)29(39)34-26(28(38)33-25)17-22-7-3-2-4-8-22/h2-8,18,20,23,25-26H,9-17,19,21H2,1H3,(H,32,37)(H,33,38)(H,34,39)/t23-,25+,26-/m0/s1. The number of aromatic nitrogens is 2. The number of carbonyl (C=O) groups is 3. The van der Waals surface area contributed by atoms with Crippen LogP contribution < -0.4 is 16.0 Å². The lowest BCUT2D eigenvalue weighted by Crippen LogP contribution is -2.58. The second-order valence-electron chi connectivity index (χ2n) is 11.4. The molecule has 0 bridgehead atoms. The average Bonchev–Trinajstić information content (AvgIpc) is 3.36. The summed E-state index contributed by atoms with van der Waals surface area (Å²) in [5.74, 6) is -0.144. The Morgan fingerprint density at radius 2 is 1.95 bits per heavy atom. The third kappa shape index (κ3) is 6.98. The highest BCUT2D eigenvalue weighted by atomic mass is 16.5. The molecule has 0 saturated carbocycles. The number of fused-ring (bicyclic) bond motifs is 1. The zero-order valence-electron chi connectivity index (χ0n) is 23.2. The maximum absolute atomic E-state index is 13.7. The van der Waals surface area contributed by atoms with Gasteiger partial charge in [-0.3, -0.25) is 24.0 Å². The minimum atomic E-state index is -0.665. The second-order valence-corrected chi connectivity index (χ2v) is 11.4. The first-order chi connectivity index (χ1) is 19.4. The van der Waals surface area contributed by atoms with Crippen molar-refractivity contribution in [1.29, 1.82) is 0 Å². The number of rotatable bonds is 5.